The average Bonchev–Trinajstić information content (AvgIpc) is 2.97. The van der Waals surface area contributed by atoms with Crippen LogP contribution in [-0.2, 0) is 14.8 Å². The fourth-order valence-electron chi connectivity index (χ4n) is 2.88. The molecule has 0 bridgehead atoms. The van der Waals surface area contributed by atoms with Crippen LogP contribution in [0.2, 0.25) is 0 Å². The van der Waals surface area contributed by atoms with Gasteiger partial charge in [0.25, 0.3) is 0 Å². The van der Waals surface area contributed by atoms with Crippen molar-refractivity contribution >= 4 is 22.0 Å². The molecule has 3 amide bonds. The molecular weight excluding hydrogens is 401 g/mol. The smallest absolute Gasteiger partial charge is 0.324 e. The molecule has 1 aromatic rings. The predicted molar refractivity (Wildman–Crippen MR) is 106 cm³/mol. The van der Waals surface area contributed by atoms with E-state index in [1.165, 1.54) is 29.2 Å². The van der Waals surface area contributed by atoms with Crippen molar-refractivity contribution in [3.8, 4) is 5.75 Å². The third-order valence-corrected chi connectivity index (χ3v) is 5.92. The van der Waals surface area contributed by atoms with Gasteiger partial charge in [-0.05, 0) is 37.5 Å². The van der Waals surface area contributed by atoms with E-state index in [0.717, 1.165) is 0 Å². The Labute approximate surface area is 170 Å². The number of sulfonamides is 1. The van der Waals surface area contributed by atoms with Crippen LogP contribution in [0.1, 0.15) is 37.8 Å². The van der Waals surface area contributed by atoms with Crippen molar-refractivity contribution in [1.82, 2.24) is 14.9 Å². The highest BCUT2D eigenvalue weighted by Crippen LogP contribution is 2.23. The van der Waals surface area contributed by atoms with Crippen molar-refractivity contribution in [3.63, 3.8) is 0 Å². The molecule has 160 valence electrons. The first-order valence-electron chi connectivity index (χ1n) is 9.34. The van der Waals surface area contributed by atoms with E-state index in [4.69, 9.17) is 4.74 Å². The molecule has 10 heteroatoms. The summed E-state index contributed by atoms with van der Waals surface area (Å²) >= 11 is 0. The number of hydrogen-bond donors (Lipinski definition) is 2. The lowest BCUT2D eigenvalue weighted by Crippen LogP contribution is -2.30. The van der Waals surface area contributed by atoms with E-state index in [-0.39, 0.29) is 30.6 Å². The first-order chi connectivity index (χ1) is 13.7. The Morgan fingerprint density at radius 1 is 1.34 bits per heavy atom. The highest BCUT2D eigenvalue weighted by molar-refractivity contribution is 7.89. The normalized spacial score (nSPS) is 15.3. The summed E-state index contributed by atoms with van der Waals surface area (Å²) in [6, 6.07) is 3.25. The Kier molecular flexibility index (Phi) is 8.15. The van der Waals surface area contributed by atoms with Gasteiger partial charge in [0.05, 0.1) is 5.75 Å². The van der Waals surface area contributed by atoms with Gasteiger partial charge in [0.2, 0.25) is 15.9 Å². The number of amides is 3. The summed E-state index contributed by atoms with van der Waals surface area (Å²) in [6.07, 6.45) is 3.12. The SMILES string of the molecule is C=CCOc1cc([C@@H](C)NS(=O)(=O)CCCCCN2CC(=O)NC2=O)ccc1F. The molecule has 0 unspecified atom stereocenters. The minimum atomic E-state index is -3.54. The van der Waals surface area contributed by atoms with Crippen LogP contribution in [-0.4, -0.2) is 50.7 Å². The van der Waals surface area contributed by atoms with Gasteiger partial charge in [0.1, 0.15) is 13.2 Å². The monoisotopic (exact) mass is 427 g/mol. The van der Waals surface area contributed by atoms with Gasteiger partial charge >= 0.3 is 6.03 Å². The molecule has 1 aromatic carbocycles. The van der Waals surface area contributed by atoms with Crippen molar-refractivity contribution < 1.29 is 27.1 Å². The number of rotatable bonds is 12. The van der Waals surface area contributed by atoms with Crippen LogP contribution in [0.3, 0.4) is 0 Å². The van der Waals surface area contributed by atoms with Gasteiger partial charge in [-0.1, -0.05) is 25.1 Å². The number of unbranched alkanes of at least 4 members (excludes halogenated alkanes) is 2. The number of imide groups is 1. The third-order valence-electron chi connectivity index (χ3n) is 4.38. The molecular formula is C19H26FN3O5S. The largest absolute Gasteiger partial charge is 0.486 e. The number of nitrogens with one attached hydrogen (secondary N) is 2. The molecule has 1 heterocycles. The Balaban J connectivity index is 1.78. The number of carbonyl (C=O) groups is 2. The van der Waals surface area contributed by atoms with Gasteiger partial charge < -0.3 is 9.64 Å². The molecule has 1 aliphatic heterocycles. The molecule has 0 spiro atoms. The fourth-order valence-corrected chi connectivity index (χ4v) is 4.26. The zero-order valence-corrected chi connectivity index (χ0v) is 17.1. The molecule has 1 saturated heterocycles. The van der Waals surface area contributed by atoms with E-state index in [2.05, 4.69) is 16.6 Å². The second-order valence-electron chi connectivity index (χ2n) is 6.78. The zero-order valence-electron chi connectivity index (χ0n) is 16.3. The van der Waals surface area contributed by atoms with Crippen molar-refractivity contribution in [2.75, 3.05) is 25.4 Å². The maximum absolute atomic E-state index is 13.7. The maximum Gasteiger partial charge on any atom is 0.324 e. The molecule has 0 aliphatic carbocycles. The van der Waals surface area contributed by atoms with Crippen molar-refractivity contribution in [2.24, 2.45) is 0 Å². The van der Waals surface area contributed by atoms with E-state index < -0.39 is 27.9 Å². The van der Waals surface area contributed by atoms with Gasteiger partial charge in [0, 0.05) is 12.6 Å². The summed E-state index contributed by atoms with van der Waals surface area (Å²) in [5.74, 6) is -0.879. The number of urea groups is 1. The van der Waals surface area contributed by atoms with Gasteiger partial charge in [0.15, 0.2) is 11.6 Å². The second kappa shape index (κ2) is 10.4. The first-order valence-corrected chi connectivity index (χ1v) is 11.0. The van der Waals surface area contributed by atoms with Crippen molar-refractivity contribution in [2.45, 2.75) is 32.2 Å². The highest BCUT2D eigenvalue weighted by Gasteiger charge is 2.25. The summed E-state index contributed by atoms with van der Waals surface area (Å²) in [7, 11) is -3.54. The predicted octanol–water partition coefficient (Wildman–Crippen LogP) is 2.09. The van der Waals surface area contributed by atoms with Crippen molar-refractivity contribution in [3.05, 3.63) is 42.2 Å². The minimum Gasteiger partial charge on any atom is -0.486 e. The zero-order chi connectivity index (χ0) is 21.4. The average molecular weight is 427 g/mol. The van der Waals surface area contributed by atoms with Crippen LogP contribution in [0.15, 0.2) is 30.9 Å². The topological polar surface area (TPSA) is 105 Å². The quantitative estimate of drug-likeness (QED) is 0.302. The summed E-state index contributed by atoms with van der Waals surface area (Å²) in [5.41, 5.74) is 0.582. The lowest BCUT2D eigenvalue weighted by Gasteiger charge is -2.16. The molecule has 0 radical (unpaired) electrons. The summed E-state index contributed by atoms with van der Waals surface area (Å²) < 4.78 is 46.2. The van der Waals surface area contributed by atoms with Gasteiger partial charge in [-0.2, -0.15) is 0 Å². The molecule has 0 saturated carbocycles. The summed E-state index contributed by atoms with van der Waals surface area (Å²) in [4.78, 5) is 23.9. The highest BCUT2D eigenvalue weighted by atomic mass is 32.2. The Morgan fingerprint density at radius 3 is 2.76 bits per heavy atom. The maximum atomic E-state index is 13.7. The van der Waals surface area contributed by atoms with Gasteiger partial charge in [-0.15, -0.1) is 0 Å². The van der Waals surface area contributed by atoms with E-state index in [1.54, 1.807) is 6.92 Å². The Hall–Kier alpha value is -2.46. The van der Waals surface area contributed by atoms with Crippen LogP contribution in [0.25, 0.3) is 0 Å². The van der Waals surface area contributed by atoms with E-state index in [9.17, 15) is 22.4 Å². The molecule has 1 aliphatic rings. The van der Waals surface area contributed by atoms with Gasteiger partial charge in [-0.3, -0.25) is 10.1 Å². The molecule has 2 N–H and O–H groups in total. The number of benzene rings is 1. The van der Waals surface area contributed by atoms with E-state index in [0.29, 0.717) is 31.4 Å². The fraction of sp³-hybridized carbons (Fsp3) is 0.474. The molecule has 8 nitrogen and oxygen atoms in total. The number of halogens is 1. The Bertz CT molecular complexity index is 859. The van der Waals surface area contributed by atoms with Crippen LogP contribution >= 0.6 is 0 Å². The number of ether oxygens (including phenoxy) is 1. The molecule has 0 aromatic heterocycles. The first kappa shape index (κ1) is 22.8. The molecule has 2 rings (SSSR count). The van der Waals surface area contributed by atoms with Crippen LogP contribution in [0.5, 0.6) is 5.75 Å². The lowest BCUT2D eigenvalue weighted by molar-refractivity contribution is -0.118. The minimum absolute atomic E-state index is 0.0397. The van der Waals surface area contributed by atoms with E-state index >= 15 is 0 Å². The van der Waals surface area contributed by atoms with Crippen molar-refractivity contribution in [1.29, 1.82) is 0 Å². The number of hydrogen-bond acceptors (Lipinski definition) is 5. The number of nitrogens with zero attached hydrogens (tertiary/aromatic N) is 1. The molecule has 1 atom stereocenters. The summed E-state index contributed by atoms with van der Waals surface area (Å²) in [6.45, 7) is 5.78. The lowest BCUT2D eigenvalue weighted by atomic mass is 10.1. The van der Waals surface area contributed by atoms with Gasteiger partial charge in [-0.25, -0.2) is 22.3 Å². The Morgan fingerprint density at radius 2 is 2.10 bits per heavy atom. The summed E-state index contributed by atoms with van der Waals surface area (Å²) in [5, 5.41) is 2.19. The van der Waals surface area contributed by atoms with Crippen LogP contribution in [0.4, 0.5) is 9.18 Å². The second-order valence-corrected chi connectivity index (χ2v) is 8.66. The van der Waals surface area contributed by atoms with Crippen LogP contribution < -0.4 is 14.8 Å². The third kappa shape index (κ3) is 7.13. The van der Waals surface area contributed by atoms with Crippen LogP contribution in [0, 0.1) is 5.82 Å². The molecule has 1 fully saturated rings. The number of carbonyl (C=O) groups excluding carboxylic acids is 2. The molecule has 29 heavy (non-hydrogen) atoms. The standard InChI is InChI=1S/C19H26FN3O5S/c1-3-10-28-17-12-15(7-8-16(17)20)14(2)22-29(26,27)11-6-4-5-9-23-13-18(24)21-19(23)25/h3,7-8,12,14,22H,1,4-6,9-11,13H2,2H3,(H,21,24,25)/t14-/m1/s1. The van der Waals surface area contributed by atoms with E-state index in [1.807, 2.05) is 0 Å².